The Balaban J connectivity index is 1.99. The average Bonchev–Trinajstić information content (AvgIpc) is 2.55. The van der Waals surface area contributed by atoms with Crippen LogP contribution < -0.4 is 4.90 Å². The highest BCUT2D eigenvalue weighted by Crippen LogP contribution is 2.32. The summed E-state index contributed by atoms with van der Waals surface area (Å²) in [4.78, 5) is 9.37. The van der Waals surface area contributed by atoms with E-state index in [1.165, 1.54) is 0 Å². The summed E-state index contributed by atoms with van der Waals surface area (Å²) in [5.41, 5.74) is 0. The third-order valence-corrected chi connectivity index (χ3v) is 6.08. The second kappa shape index (κ2) is 5.00. The zero-order valence-corrected chi connectivity index (χ0v) is 12.8. The number of hydrogen-bond acceptors (Lipinski definition) is 5. The molecule has 0 amide bonds. The molecule has 110 valence electrons. The van der Waals surface area contributed by atoms with Gasteiger partial charge in [0.2, 0.25) is 0 Å². The van der Waals surface area contributed by atoms with Gasteiger partial charge in [-0.25, -0.2) is 13.4 Å². The second-order valence-electron chi connectivity index (χ2n) is 5.87. The first-order valence-electron chi connectivity index (χ1n) is 7.17. The van der Waals surface area contributed by atoms with E-state index >= 15 is 0 Å². The smallest absolute Gasteiger partial charge is 0.182 e. The lowest BCUT2D eigenvalue weighted by Crippen LogP contribution is -2.55. The predicted molar refractivity (Wildman–Crippen MR) is 78.7 cm³/mol. The Morgan fingerprint density at radius 1 is 1.35 bits per heavy atom. The number of pyridine rings is 1. The molecule has 5 nitrogen and oxygen atoms in total. The van der Waals surface area contributed by atoms with Gasteiger partial charge < -0.3 is 4.90 Å². The second-order valence-corrected chi connectivity index (χ2v) is 7.95. The van der Waals surface area contributed by atoms with E-state index in [1.807, 2.05) is 0 Å². The number of nitrogens with zero attached hydrogens (tertiary/aromatic N) is 3. The van der Waals surface area contributed by atoms with Crippen LogP contribution in [0, 0.1) is 0 Å². The molecule has 0 radical (unpaired) electrons. The standard InChI is InChI=1S/C14H21N3O2S/c1-11(2)16-7-8-17-12(10-16)5-9-20(18,19)13-4-3-6-15-14(13)17/h3-4,6,11-12H,5,7-10H2,1-2H3/t12-/m0/s1. The van der Waals surface area contributed by atoms with Crippen LogP contribution in [0.15, 0.2) is 23.2 Å². The van der Waals surface area contributed by atoms with Gasteiger partial charge in [0.25, 0.3) is 0 Å². The summed E-state index contributed by atoms with van der Waals surface area (Å²) < 4.78 is 24.7. The van der Waals surface area contributed by atoms with Crippen molar-refractivity contribution >= 4 is 15.7 Å². The average molecular weight is 295 g/mol. The van der Waals surface area contributed by atoms with Crippen LogP contribution in [-0.2, 0) is 9.84 Å². The molecule has 3 heterocycles. The zero-order chi connectivity index (χ0) is 14.3. The summed E-state index contributed by atoms with van der Waals surface area (Å²) in [6, 6.07) is 4.15. The van der Waals surface area contributed by atoms with Crippen LogP contribution in [0.3, 0.4) is 0 Å². The van der Waals surface area contributed by atoms with Gasteiger partial charge in [0.15, 0.2) is 9.84 Å². The Hall–Kier alpha value is -1.14. The maximum Gasteiger partial charge on any atom is 0.182 e. The Bertz CT molecular complexity index is 600. The van der Waals surface area contributed by atoms with Crippen molar-refractivity contribution in [3.63, 3.8) is 0 Å². The van der Waals surface area contributed by atoms with Crippen molar-refractivity contribution in [3.05, 3.63) is 18.3 Å². The molecule has 1 aromatic rings. The summed E-state index contributed by atoms with van der Waals surface area (Å²) in [5, 5.41) is 0. The molecular weight excluding hydrogens is 274 g/mol. The van der Waals surface area contributed by atoms with Crippen molar-refractivity contribution in [2.75, 3.05) is 30.3 Å². The predicted octanol–water partition coefficient (Wildman–Crippen LogP) is 1.16. The van der Waals surface area contributed by atoms with E-state index in [0.717, 1.165) is 19.6 Å². The number of rotatable bonds is 1. The van der Waals surface area contributed by atoms with Gasteiger partial charge in [-0.15, -0.1) is 0 Å². The number of anilines is 1. The van der Waals surface area contributed by atoms with Gasteiger partial charge >= 0.3 is 0 Å². The Labute approximate surface area is 120 Å². The molecule has 0 spiro atoms. The summed E-state index contributed by atoms with van der Waals surface area (Å²) in [7, 11) is -3.20. The fraction of sp³-hybridized carbons (Fsp3) is 0.643. The number of hydrogen-bond donors (Lipinski definition) is 0. The SMILES string of the molecule is CC(C)N1CCN2c3ncccc3S(=O)(=O)CC[C@H]2C1. The van der Waals surface area contributed by atoms with Gasteiger partial charge in [0.05, 0.1) is 5.75 Å². The lowest BCUT2D eigenvalue weighted by Gasteiger charge is -2.43. The van der Waals surface area contributed by atoms with Crippen LogP contribution >= 0.6 is 0 Å². The first kappa shape index (κ1) is 13.8. The van der Waals surface area contributed by atoms with E-state index < -0.39 is 9.84 Å². The summed E-state index contributed by atoms with van der Waals surface area (Å²) >= 11 is 0. The Morgan fingerprint density at radius 3 is 2.90 bits per heavy atom. The normalized spacial score (nSPS) is 25.9. The largest absolute Gasteiger partial charge is 0.350 e. The van der Waals surface area contributed by atoms with Crippen LogP contribution in [0.1, 0.15) is 20.3 Å². The van der Waals surface area contributed by atoms with Crippen LogP contribution in [0.2, 0.25) is 0 Å². The fourth-order valence-corrected chi connectivity index (χ4v) is 4.65. The van der Waals surface area contributed by atoms with E-state index in [1.54, 1.807) is 18.3 Å². The zero-order valence-electron chi connectivity index (χ0n) is 12.0. The molecule has 0 unspecified atom stereocenters. The first-order valence-corrected chi connectivity index (χ1v) is 8.83. The highest BCUT2D eigenvalue weighted by molar-refractivity contribution is 7.91. The van der Waals surface area contributed by atoms with E-state index in [4.69, 9.17) is 0 Å². The van der Waals surface area contributed by atoms with Crippen molar-refractivity contribution < 1.29 is 8.42 Å². The van der Waals surface area contributed by atoms with Crippen molar-refractivity contribution in [1.29, 1.82) is 0 Å². The van der Waals surface area contributed by atoms with E-state index in [2.05, 4.69) is 28.6 Å². The van der Waals surface area contributed by atoms with Crippen LogP contribution in [-0.4, -0.2) is 55.8 Å². The molecule has 0 saturated carbocycles. The molecule has 1 aromatic heterocycles. The van der Waals surface area contributed by atoms with E-state index in [0.29, 0.717) is 23.2 Å². The maximum atomic E-state index is 12.4. The van der Waals surface area contributed by atoms with Crippen molar-refractivity contribution in [1.82, 2.24) is 9.88 Å². The van der Waals surface area contributed by atoms with Crippen molar-refractivity contribution in [2.45, 2.75) is 37.2 Å². The maximum absolute atomic E-state index is 12.4. The number of fused-ring (bicyclic) bond motifs is 3. The third-order valence-electron chi connectivity index (χ3n) is 4.32. The monoisotopic (exact) mass is 295 g/mol. The quantitative estimate of drug-likeness (QED) is 0.778. The lowest BCUT2D eigenvalue weighted by molar-refractivity contribution is 0.178. The van der Waals surface area contributed by atoms with Gasteiger partial charge in [-0.05, 0) is 32.4 Å². The molecule has 3 rings (SSSR count). The highest BCUT2D eigenvalue weighted by atomic mass is 32.2. The molecule has 2 aliphatic heterocycles. The molecule has 0 N–H and O–H groups in total. The number of aromatic nitrogens is 1. The summed E-state index contributed by atoms with van der Waals surface area (Å²) in [6.45, 7) is 7.11. The minimum Gasteiger partial charge on any atom is -0.350 e. The van der Waals surface area contributed by atoms with E-state index in [9.17, 15) is 8.42 Å². The molecule has 0 bridgehead atoms. The Morgan fingerprint density at radius 2 is 2.15 bits per heavy atom. The molecule has 0 aromatic carbocycles. The van der Waals surface area contributed by atoms with Crippen LogP contribution in [0.4, 0.5) is 5.82 Å². The van der Waals surface area contributed by atoms with Crippen LogP contribution in [0.5, 0.6) is 0 Å². The topological polar surface area (TPSA) is 53.5 Å². The molecular formula is C14H21N3O2S. The molecule has 0 aliphatic carbocycles. The fourth-order valence-electron chi connectivity index (χ4n) is 3.12. The Kier molecular flexibility index (Phi) is 3.46. The highest BCUT2D eigenvalue weighted by Gasteiger charge is 2.36. The van der Waals surface area contributed by atoms with Gasteiger partial charge in [0.1, 0.15) is 10.7 Å². The van der Waals surface area contributed by atoms with Gasteiger partial charge in [-0.1, -0.05) is 0 Å². The molecule has 1 atom stereocenters. The van der Waals surface area contributed by atoms with Gasteiger partial charge in [-0.3, -0.25) is 4.90 Å². The van der Waals surface area contributed by atoms with Gasteiger partial charge in [-0.2, -0.15) is 0 Å². The lowest BCUT2D eigenvalue weighted by atomic mass is 10.1. The van der Waals surface area contributed by atoms with E-state index in [-0.39, 0.29) is 11.8 Å². The van der Waals surface area contributed by atoms with Crippen molar-refractivity contribution in [2.24, 2.45) is 0 Å². The van der Waals surface area contributed by atoms with Crippen molar-refractivity contribution in [3.8, 4) is 0 Å². The van der Waals surface area contributed by atoms with Gasteiger partial charge in [0, 0.05) is 37.9 Å². The molecule has 1 fully saturated rings. The number of piperazine rings is 1. The summed E-state index contributed by atoms with van der Waals surface area (Å²) in [5.74, 6) is 0.872. The molecule has 1 saturated heterocycles. The molecule has 6 heteroatoms. The third kappa shape index (κ3) is 2.31. The minimum absolute atomic E-state index is 0.221. The minimum atomic E-state index is -3.20. The molecule has 20 heavy (non-hydrogen) atoms. The summed E-state index contributed by atoms with van der Waals surface area (Å²) in [6.07, 6.45) is 2.37. The number of sulfone groups is 1. The molecule has 2 aliphatic rings. The van der Waals surface area contributed by atoms with Crippen LogP contribution in [0.25, 0.3) is 0 Å². The first-order chi connectivity index (χ1) is 9.49.